The summed E-state index contributed by atoms with van der Waals surface area (Å²) in [6.07, 6.45) is 5.70. The molecular weight excluding hydrogens is 168 g/mol. The van der Waals surface area contributed by atoms with Crippen LogP contribution < -0.4 is 5.73 Å². The van der Waals surface area contributed by atoms with E-state index in [0.29, 0.717) is 19.5 Å². The zero-order valence-corrected chi connectivity index (χ0v) is 7.66. The van der Waals surface area contributed by atoms with Crippen molar-refractivity contribution in [2.75, 3.05) is 13.1 Å². The van der Waals surface area contributed by atoms with E-state index >= 15 is 0 Å². The van der Waals surface area contributed by atoms with Crippen molar-refractivity contribution < 1.29 is 9.90 Å². The summed E-state index contributed by atoms with van der Waals surface area (Å²) in [5, 5.41) is 8.84. The minimum Gasteiger partial charge on any atom is -0.480 e. The molecule has 0 aromatic carbocycles. The van der Waals surface area contributed by atoms with Crippen LogP contribution in [0.1, 0.15) is 13.3 Å². The first-order chi connectivity index (χ1) is 5.99. The third kappa shape index (κ3) is 1.82. The highest BCUT2D eigenvalue weighted by Crippen LogP contribution is 2.20. The van der Waals surface area contributed by atoms with Crippen LogP contribution in [0.15, 0.2) is 0 Å². The zero-order valence-electron chi connectivity index (χ0n) is 7.66. The summed E-state index contributed by atoms with van der Waals surface area (Å²) in [6.45, 7) is 2.87. The quantitative estimate of drug-likeness (QED) is 0.565. The molecule has 1 heterocycles. The predicted octanol–water partition coefficient (Wildman–Crippen LogP) is -0.504. The molecule has 0 saturated carbocycles. The molecule has 0 aromatic heterocycles. The third-order valence-corrected chi connectivity index (χ3v) is 2.55. The van der Waals surface area contributed by atoms with E-state index in [9.17, 15) is 4.79 Å². The second-order valence-electron chi connectivity index (χ2n) is 3.52. The zero-order chi connectivity index (χ0) is 10.1. The molecule has 2 atom stereocenters. The largest absolute Gasteiger partial charge is 0.480 e. The average molecular weight is 182 g/mol. The summed E-state index contributed by atoms with van der Waals surface area (Å²) in [7, 11) is 0. The van der Waals surface area contributed by atoms with Crippen molar-refractivity contribution in [3.05, 3.63) is 0 Å². The fraction of sp³-hybridized carbons (Fsp3) is 0.667. The Hall–Kier alpha value is -1.05. The van der Waals surface area contributed by atoms with Crippen LogP contribution in [0, 0.1) is 12.3 Å². The van der Waals surface area contributed by atoms with Gasteiger partial charge in [-0.2, -0.15) is 0 Å². The monoisotopic (exact) mass is 182 g/mol. The van der Waals surface area contributed by atoms with Crippen LogP contribution >= 0.6 is 0 Å². The Labute approximate surface area is 77.7 Å². The first kappa shape index (κ1) is 10.0. The van der Waals surface area contributed by atoms with E-state index < -0.39 is 11.5 Å². The number of carboxylic acids is 1. The van der Waals surface area contributed by atoms with Gasteiger partial charge in [-0.15, -0.1) is 6.42 Å². The maximum absolute atomic E-state index is 10.8. The first-order valence-corrected chi connectivity index (χ1v) is 4.22. The molecule has 3 N–H and O–H groups in total. The molecule has 1 fully saturated rings. The SMILES string of the molecule is C#CC(C)N1CCC(N)(C(=O)O)C1. The highest BCUT2D eigenvalue weighted by molar-refractivity contribution is 5.79. The van der Waals surface area contributed by atoms with Crippen LogP contribution in [0.2, 0.25) is 0 Å². The van der Waals surface area contributed by atoms with Crippen LogP contribution in [-0.2, 0) is 4.79 Å². The lowest BCUT2D eigenvalue weighted by molar-refractivity contribution is -0.142. The molecule has 0 bridgehead atoms. The molecule has 1 saturated heterocycles. The van der Waals surface area contributed by atoms with Gasteiger partial charge >= 0.3 is 5.97 Å². The standard InChI is InChI=1S/C9H14N2O2/c1-3-7(2)11-5-4-9(10,6-11)8(12)13/h1,7H,4-6,10H2,2H3,(H,12,13). The molecule has 0 aliphatic carbocycles. The van der Waals surface area contributed by atoms with Crippen molar-refractivity contribution in [2.45, 2.75) is 24.9 Å². The Balaban J connectivity index is 2.64. The van der Waals surface area contributed by atoms with Crippen molar-refractivity contribution in [3.63, 3.8) is 0 Å². The molecule has 4 heteroatoms. The van der Waals surface area contributed by atoms with Crippen LogP contribution in [0.5, 0.6) is 0 Å². The molecule has 1 aliphatic heterocycles. The summed E-state index contributed by atoms with van der Waals surface area (Å²) in [5.74, 6) is 1.62. The number of terminal acetylenes is 1. The Kier molecular flexibility index (Phi) is 2.60. The second kappa shape index (κ2) is 3.36. The molecule has 1 rings (SSSR count). The lowest BCUT2D eigenvalue weighted by Crippen LogP contribution is -2.50. The van der Waals surface area contributed by atoms with Crippen molar-refractivity contribution in [1.82, 2.24) is 4.90 Å². The van der Waals surface area contributed by atoms with Gasteiger partial charge in [0.25, 0.3) is 0 Å². The first-order valence-electron chi connectivity index (χ1n) is 4.22. The van der Waals surface area contributed by atoms with E-state index in [0.717, 1.165) is 0 Å². The highest BCUT2D eigenvalue weighted by atomic mass is 16.4. The van der Waals surface area contributed by atoms with E-state index in [1.807, 2.05) is 11.8 Å². The Morgan fingerprint density at radius 1 is 1.85 bits per heavy atom. The van der Waals surface area contributed by atoms with Gasteiger partial charge in [0.05, 0.1) is 6.04 Å². The summed E-state index contributed by atoms with van der Waals surface area (Å²) in [4.78, 5) is 12.7. The lowest BCUT2D eigenvalue weighted by atomic mass is 10.0. The van der Waals surface area contributed by atoms with Gasteiger partial charge in [-0.25, -0.2) is 0 Å². The molecule has 0 amide bonds. The molecule has 4 nitrogen and oxygen atoms in total. The minimum atomic E-state index is -1.11. The Morgan fingerprint density at radius 2 is 2.46 bits per heavy atom. The fourth-order valence-corrected chi connectivity index (χ4v) is 1.47. The number of hydrogen-bond donors (Lipinski definition) is 2. The van der Waals surface area contributed by atoms with E-state index in [1.165, 1.54) is 0 Å². The number of hydrogen-bond acceptors (Lipinski definition) is 3. The predicted molar refractivity (Wildman–Crippen MR) is 49.0 cm³/mol. The molecule has 13 heavy (non-hydrogen) atoms. The molecular formula is C9H14N2O2. The Morgan fingerprint density at radius 3 is 2.85 bits per heavy atom. The molecule has 72 valence electrons. The summed E-state index contributed by atoms with van der Waals surface area (Å²) in [5.41, 5.74) is 4.57. The number of nitrogens with two attached hydrogens (primary N) is 1. The topological polar surface area (TPSA) is 66.6 Å². The third-order valence-electron chi connectivity index (χ3n) is 2.55. The summed E-state index contributed by atoms with van der Waals surface area (Å²) < 4.78 is 0. The summed E-state index contributed by atoms with van der Waals surface area (Å²) in [6, 6.07) is -0.0372. The lowest BCUT2D eigenvalue weighted by Gasteiger charge is -2.22. The van der Waals surface area contributed by atoms with Gasteiger partial charge in [-0.05, 0) is 13.3 Å². The number of carbonyl (C=O) groups is 1. The van der Waals surface area contributed by atoms with Gasteiger partial charge in [0.15, 0.2) is 0 Å². The molecule has 0 radical (unpaired) electrons. The highest BCUT2D eigenvalue weighted by Gasteiger charge is 2.42. The van der Waals surface area contributed by atoms with Crippen LogP contribution in [-0.4, -0.2) is 40.6 Å². The normalized spacial score (nSPS) is 31.2. The van der Waals surface area contributed by atoms with Crippen LogP contribution in [0.25, 0.3) is 0 Å². The van der Waals surface area contributed by atoms with E-state index in [1.54, 1.807) is 0 Å². The number of nitrogens with zero attached hydrogens (tertiary/aromatic N) is 1. The van der Waals surface area contributed by atoms with E-state index in [4.69, 9.17) is 17.3 Å². The van der Waals surface area contributed by atoms with Crippen molar-refractivity contribution in [1.29, 1.82) is 0 Å². The maximum atomic E-state index is 10.8. The van der Waals surface area contributed by atoms with Gasteiger partial charge in [0, 0.05) is 13.1 Å². The van der Waals surface area contributed by atoms with Crippen molar-refractivity contribution >= 4 is 5.97 Å². The van der Waals surface area contributed by atoms with Gasteiger partial charge in [0.1, 0.15) is 5.54 Å². The molecule has 1 aliphatic rings. The Bertz CT molecular complexity index is 259. The molecule has 0 aromatic rings. The molecule has 2 unspecified atom stereocenters. The number of likely N-dealkylation sites (tertiary alicyclic amines) is 1. The number of rotatable bonds is 2. The van der Waals surface area contributed by atoms with Gasteiger partial charge in [-0.3, -0.25) is 9.69 Å². The maximum Gasteiger partial charge on any atom is 0.325 e. The van der Waals surface area contributed by atoms with E-state index in [2.05, 4.69) is 5.92 Å². The number of aliphatic carboxylic acids is 1. The van der Waals surface area contributed by atoms with Gasteiger partial charge in [0.2, 0.25) is 0 Å². The fourth-order valence-electron chi connectivity index (χ4n) is 1.47. The minimum absolute atomic E-state index is 0.0372. The van der Waals surface area contributed by atoms with Crippen LogP contribution in [0.3, 0.4) is 0 Å². The van der Waals surface area contributed by atoms with Crippen LogP contribution in [0.4, 0.5) is 0 Å². The van der Waals surface area contributed by atoms with Crippen molar-refractivity contribution in [2.24, 2.45) is 5.73 Å². The van der Waals surface area contributed by atoms with E-state index in [-0.39, 0.29) is 6.04 Å². The van der Waals surface area contributed by atoms with Gasteiger partial charge in [-0.1, -0.05) is 5.92 Å². The molecule has 0 spiro atoms. The number of carboxylic acid groups (broad SMARTS) is 1. The average Bonchev–Trinajstić information content (AvgIpc) is 2.48. The van der Waals surface area contributed by atoms with Gasteiger partial charge < -0.3 is 10.8 Å². The smallest absolute Gasteiger partial charge is 0.325 e. The second-order valence-corrected chi connectivity index (χ2v) is 3.52. The summed E-state index contributed by atoms with van der Waals surface area (Å²) >= 11 is 0. The van der Waals surface area contributed by atoms with Crippen molar-refractivity contribution in [3.8, 4) is 12.3 Å².